The maximum atomic E-state index is 5.77. The van der Waals surface area contributed by atoms with Gasteiger partial charge in [0.1, 0.15) is 0 Å². The number of nitrogens with two attached hydrogens (primary N) is 1. The maximum absolute atomic E-state index is 5.77. The van der Waals surface area contributed by atoms with Crippen molar-refractivity contribution in [2.75, 3.05) is 36.8 Å². The maximum Gasteiger partial charge on any atom is 0.266 e. The third-order valence-electron chi connectivity index (χ3n) is 5.90. The summed E-state index contributed by atoms with van der Waals surface area (Å²) in [6.45, 7) is 10.1. The molecule has 1 aromatic carbocycles. The highest BCUT2D eigenvalue weighted by Gasteiger charge is 2.38. The molecule has 2 aromatic heterocycles. The van der Waals surface area contributed by atoms with Crippen molar-refractivity contribution in [1.82, 2.24) is 25.4 Å². The highest BCUT2D eigenvalue weighted by molar-refractivity contribution is 5.62. The highest BCUT2D eigenvalue weighted by Crippen LogP contribution is 2.39. The van der Waals surface area contributed by atoms with Crippen molar-refractivity contribution >= 4 is 11.9 Å². The molecule has 4 rings (SSSR count). The Hall–Kier alpha value is -3.00. The van der Waals surface area contributed by atoms with Crippen molar-refractivity contribution < 1.29 is 4.52 Å². The number of piperazine rings is 1. The van der Waals surface area contributed by atoms with Gasteiger partial charge < -0.3 is 20.5 Å². The number of nitrogens with one attached hydrogen (secondary N) is 1. The van der Waals surface area contributed by atoms with Gasteiger partial charge in [-0.2, -0.15) is 4.98 Å². The monoisotopic (exact) mass is 393 g/mol. The topological polar surface area (TPSA) is 106 Å². The van der Waals surface area contributed by atoms with Gasteiger partial charge in [-0.05, 0) is 29.1 Å². The molecule has 3 aromatic rings. The van der Waals surface area contributed by atoms with Crippen molar-refractivity contribution in [2.24, 2.45) is 5.92 Å². The van der Waals surface area contributed by atoms with Crippen molar-refractivity contribution in [2.45, 2.75) is 26.2 Å². The lowest BCUT2D eigenvalue weighted by molar-refractivity contribution is 0.273. The molecule has 0 bridgehead atoms. The largest absolute Gasteiger partial charge is 0.368 e. The Labute approximate surface area is 170 Å². The second-order valence-electron chi connectivity index (χ2n) is 7.90. The van der Waals surface area contributed by atoms with Crippen LogP contribution >= 0.6 is 0 Å². The Balaban J connectivity index is 1.64. The van der Waals surface area contributed by atoms with Crippen LogP contribution in [0, 0.1) is 5.92 Å². The third kappa shape index (κ3) is 3.67. The Morgan fingerprint density at radius 1 is 1.07 bits per heavy atom. The molecule has 152 valence electrons. The van der Waals surface area contributed by atoms with Gasteiger partial charge in [-0.15, -0.1) is 0 Å². The van der Waals surface area contributed by atoms with E-state index < -0.39 is 5.41 Å². The lowest BCUT2D eigenvalue weighted by atomic mass is 9.73. The van der Waals surface area contributed by atoms with Crippen molar-refractivity contribution in [3.05, 3.63) is 48.1 Å². The SMILES string of the molecule is CC(C)C(C)(c1ccc(-c2cnc(N)nc2)cc1)c1nc(N2CCNCC2)no1. The quantitative estimate of drug-likeness (QED) is 0.681. The standard InChI is InChI=1S/C21H27N7O/c1-14(2)21(3,18-26-20(27-29-18)28-10-8-23-9-11-28)17-6-4-15(5-7-17)16-12-24-19(22)25-13-16/h4-7,12-14,23H,8-11H2,1-3H3,(H2,22,24,25). The molecule has 29 heavy (non-hydrogen) atoms. The van der Waals surface area contributed by atoms with Gasteiger partial charge in [-0.1, -0.05) is 38.1 Å². The lowest BCUT2D eigenvalue weighted by Gasteiger charge is -2.30. The van der Waals surface area contributed by atoms with Gasteiger partial charge in [0.25, 0.3) is 5.95 Å². The zero-order valence-corrected chi connectivity index (χ0v) is 17.1. The van der Waals surface area contributed by atoms with Crippen molar-refractivity contribution in [3.63, 3.8) is 0 Å². The van der Waals surface area contributed by atoms with Gasteiger partial charge in [0, 0.05) is 44.1 Å². The molecule has 1 aliphatic heterocycles. The number of anilines is 2. The van der Waals surface area contributed by atoms with Gasteiger partial charge in [-0.3, -0.25) is 0 Å². The molecule has 1 saturated heterocycles. The smallest absolute Gasteiger partial charge is 0.266 e. The summed E-state index contributed by atoms with van der Waals surface area (Å²) >= 11 is 0. The molecule has 0 radical (unpaired) electrons. The zero-order valence-electron chi connectivity index (χ0n) is 17.1. The van der Waals surface area contributed by atoms with E-state index in [4.69, 9.17) is 15.2 Å². The minimum absolute atomic E-state index is 0.268. The minimum Gasteiger partial charge on any atom is -0.368 e. The summed E-state index contributed by atoms with van der Waals surface area (Å²) in [5.74, 6) is 1.85. The van der Waals surface area contributed by atoms with Gasteiger partial charge >= 0.3 is 0 Å². The number of hydrogen-bond acceptors (Lipinski definition) is 8. The van der Waals surface area contributed by atoms with Crippen LogP contribution in [-0.4, -0.2) is 46.3 Å². The fourth-order valence-electron chi connectivity index (χ4n) is 3.62. The number of nitrogens with zero attached hydrogens (tertiary/aromatic N) is 5. The fourth-order valence-corrected chi connectivity index (χ4v) is 3.62. The molecular formula is C21H27N7O. The normalized spacial score (nSPS) is 16.8. The molecule has 8 heteroatoms. The van der Waals surface area contributed by atoms with E-state index in [1.165, 1.54) is 0 Å². The summed E-state index contributed by atoms with van der Waals surface area (Å²) < 4.78 is 5.77. The predicted molar refractivity (Wildman–Crippen MR) is 113 cm³/mol. The van der Waals surface area contributed by atoms with Crippen molar-refractivity contribution in [1.29, 1.82) is 0 Å². The number of benzene rings is 1. The van der Waals surface area contributed by atoms with Crippen LogP contribution in [-0.2, 0) is 5.41 Å². The summed E-state index contributed by atoms with van der Waals surface area (Å²) in [6.07, 6.45) is 3.47. The second kappa shape index (κ2) is 7.79. The van der Waals surface area contributed by atoms with Crippen LogP contribution in [0.1, 0.15) is 32.2 Å². The highest BCUT2D eigenvalue weighted by atomic mass is 16.5. The Morgan fingerprint density at radius 3 is 2.34 bits per heavy atom. The number of hydrogen-bond donors (Lipinski definition) is 2. The van der Waals surface area contributed by atoms with Crippen LogP contribution in [0.2, 0.25) is 0 Å². The third-order valence-corrected chi connectivity index (χ3v) is 5.90. The van der Waals surface area contributed by atoms with E-state index >= 15 is 0 Å². The first-order valence-electron chi connectivity index (χ1n) is 9.97. The van der Waals surface area contributed by atoms with Crippen LogP contribution in [0.3, 0.4) is 0 Å². The van der Waals surface area contributed by atoms with E-state index in [2.05, 4.69) is 70.4 Å². The molecule has 3 N–H and O–H groups in total. The summed E-state index contributed by atoms with van der Waals surface area (Å²) in [6, 6.07) is 8.36. The van der Waals surface area contributed by atoms with Crippen LogP contribution in [0.5, 0.6) is 0 Å². The predicted octanol–water partition coefficient (Wildman–Crippen LogP) is 2.48. The van der Waals surface area contributed by atoms with E-state index in [-0.39, 0.29) is 11.9 Å². The second-order valence-corrected chi connectivity index (χ2v) is 7.90. The molecule has 1 atom stereocenters. The van der Waals surface area contributed by atoms with Crippen molar-refractivity contribution in [3.8, 4) is 11.1 Å². The van der Waals surface area contributed by atoms with E-state index in [0.29, 0.717) is 11.8 Å². The fraction of sp³-hybridized carbons (Fsp3) is 0.429. The number of rotatable bonds is 5. The number of nitrogen functional groups attached to an aromatic ring is 1. The molecule has 1 unspecified atom stereocenters. The van der Waals surface area contributed by atoms with Gasteiger partial charge in [0.15, 0.2) is 0 Å². The van der Waals surface area contributed by atoms with E-state index in [9.17, 15) is 0 Å². The molecule has 3 heterocycles. The number of aromatic nitrogens is 4. The molecule has 0 amide bonds. The Morgan fingerprint density at radius 2 is 1.72 bits per heavy atom. The first-order valence-corrected chi connectivity index (χ1v) is 9.97. The van der Waals surface area contributed by atoms with Crippen LogP contribution in [0.25, 0.3) is 11.1 Å². The van der Waals surface area contributed by atoms with Gasteiger partial charge in [0.2, 0.25) is 11.8 Å². The van der Waals surface area contributed by atoms with Crippen LogP contribution < -0.4 is 16.0 Å². The molecule has 8 nitrogen and oxygen atoms in total. The molecule has 1 fully saturated rings. The first kappa shape index (κ1) is 19.3. The van der Waals surface area contributed by atoms with E-state index in [1.54, 1.807) is 12.4 Å². The van der Waals surface area contributed by atoms with Crippen LogP contribution in [0.4, 0.5) is 11.9 Å². The first-order chi connectivity index (χ1) is 14.0. The Bertz CT molecular complexity index is 946. The van der Waals surface area contributed by atoms with Crippen LogP contribution in [0.15, 0.2) is 41.2 Å². The summed E-state index contributed by atoms with van der Waals surface area (Å²) in [5, 5.41) is 7.61. The van der Waals surface area contributed by atoms with E-state index in [0.717, 1.165) is 42.9 Å². The minimum atomic E-state index is -0.393. The molecule has 0 aliphatic carbocycles. The Kier molecular flexibility index (Phi) is 5.19. The van der Waals surface area contributed by atoms with E-state index in [1.807, 2.05) is 0 Å². The zero-order chi connectivity index (χ0) is 20.4. The summed E-state index contributed by atoms with van der Waals surface area (Å²) in [7, 11) is 0. The molecule has 1 aliphatic rings. The summed E-state index contributed by atoms with van der Waals surface area (Å²) in [4.78, 5) is 15.1. The average Bonchev–Trinajstić information content (AvgIpc) is 3.25. The molecular weight excluding hydrogens is 366 g/mol. The van der Waals surface area contributed by atoms with Gasteiger partial charge in [-0.25, -0.2) is 9.97 Å². The summed E-state index contributed by atoms with van der Waals surface area (Å²) in [5.41, 5.74) is 8.28. The molecule has 0 spiro atoms. The average molecular weight is 393 g/mol. The van der Waals surface area contributed by atoms with Gasteiger partial charge in [0.05, 0.1) is 5.41 Å². The molecule has 0 saturated carbocycles. The lowest BCUT2D eigenvalue weighted by Crippen LogP contribution is -2.44.